The third kappa shape index (κ3) is 6.07. The number of halogens is 3. The minimum absolute atomic E-state index is 0. The normalized spacial score (nSPS) is 11.5. The average Bonchev–Trinajstić information content (AvgIpc) is 2.34. The second-order valence-corrected chi connectivity index (χ2v) is 6.13. The number of carbonyl (C=O) groups is 2. The van der Waals surface area contributed by atoms with Crippen molar-refractivity contribution in [2.75, 3.05) is 11.9 Å². The summed E-state index contributed by atoms with van der Waals surface area (Å²) in [4.78, 5) is 24.0. The van der Waals surface area contributed by atoms with Gasteiger partial charge in [-0.1, -0.05) is 11.6 Å². The second-order valence-electron chi connectivity index (χ2n) is 6.13. The number of rotatable bonds is 3. The molecule has 0 bridgehead atoms. The molecule has 128 valence electrons. The molecule has 0 aliphatic heterocycles. The Morgan fingerprint density at radius 2 is 1.71 bits per heavy atom. The third-order valence-electron chi connectivity index (χ3n) is 3.07. The van der Waals surface area contributed by atoms with Gasteiger partial charge in [-0.05, 0) is 33.8 Å². The molecule has 5 nitrogen and oxygen atoms in total. The number of carbonyl (C=O) groups excluding carboxylic acids is 1. The number of amides is 1. The number of hydrogen-bond donors (Lipinski definition) is 1. The van der Waals surface area contributed by atoms with E-state index in [1.54, 1.807) is 20.8 Å². The molecule has 1 rings (SSSR count). The van der Waals surface area contributed by atoms with Crippen molar-refractivity contribution in [3.05, 3.63) is 23.3 Å². The summed E-state index contributed by atoms with van der Waals surface area (Å²) in [7, 11) is 1.22. The van der Waals surface area contributed by atoms with Gasteiger partial charge in [0.15, 0.2) is 0 Å². The summed E-state index contributed by atoms with van der Waals surface area (Å²) in [5.74, 6) is -1.50. The van der Waals surface area contributed by atoms with E-state index in [0.29, 0.717) is 0 Å². The molecule has 0 aliphatic carbocycles. The molecule has 10 heteroatoms. The Labute approximate surface area is 181 Å². The van der Waals surface area contributed by atoms with Gasteiger partial charge in [0.2, 0.25) is 0 Å². The van der Waals surface area contributed by atoms with E-state index in [9.17, 15) is 22.5 Å². The van der Waals surface area contributed by atoms with Crippen molar-refractivity contribution in [3.8, 4) is 0 Å². The third-order valence-corrected chi connectivity index (χ3v) is 3.07. The number of hydrogen-bond acceptors (Lipinski definition) is 3. The van der Waals surface area contributed by atoms with Gasteiger partial charge in [0, 0.05) is 12.7 Å². The first-order valence-corrected chi connectivity index (χ1v) is 6.78. The molecule has 0 saturated carbocycles. The van der Waals surface area contributed by atoms with E-state index >= 15 is 0 Å². The van der Waals surface area contributed by atoms with Crippen molar-refractivity contribution in [2.24, 2.45) is 0 Å². The number of nitrogens with zero attached hydrogens (tertiary/aromatic N) is 1. The zero-order valence-electron chi connectivity index (χ0n) is 14.5. The average molecular weight is 371 g/mol. The van der Waals surface area contributed by atoms with Crippen LogP contribution in [0, 0.1) is 6.92 Å². The zero-order valence-corrected chi connectivity index (χ0v) is 17.6. The monoisotopic (exact) mass is 371 g/mol. The number of benzene rings is 1. The van der Waals surface area contributed by atoms with Gasteiger partial charge >= 0.3 is 70.4 Å². The molecule has 0 fully saturated rings. The SMILES string of the molecule is Cc1c(C(=O)O)cc(N(C)C(=O)OC(C)(C)C)cc1[B-](F)(F)F.[K+]. The van der Waals surface area contributed by atoms with Crippen LogP contribution in [0.2, 0.25) is 0 Å². The van der Waals surface area contributed by atoms with Crippen LogP contribution in [0.3, 0.4) is 0 Å². The van der Waals surface area contributed by atoms with Crippen LogP contribution < -0.4 is 61.7 Å². The van der Waals surface area contributed by atoms with Gasteiger partial charge in [-0.25, -0.2) is 9.59 Å². The molecule has 0 atom stereocenters. The summed E-state index contributed by atoms with van der Waals surface area (Å²) >= 11 is 0. The van der Waals surface area contributed by atoms with Gasteiger partial charge in [-0.15, -0.1) is 5.46 Å². The van der Waals surface area contributed by atoms with E-state index in [1.165, 1.54) is 7.05 Å². The summed E-state index contributed by atoms with van der Waals surface area (Å²) < 4.78 is 44.5. The number of ether oxygens (including phenoxy) is 1. The van der Waals surface area contributed by atoms with Crippen molar-refractivity contribution in [2.45, 2.75) is 33.3 Å². The van der Waals surface area contributed by atoms with Gasteiger partial charge in [-0.2, -0.15) is 0 Å². The molecule has 1 amide bonds. The van der Waals surface area contributed by atoms with Gasteiger partial charge in [0.1, 0.15) is 5.60 Å². The molecule has 0 aliphatic rings. The molecule has 24 heavy (non-hydrogen) atoms. The molecule has 0 spiro atoms. The van der Waals surface area contributed by atoms with Crippen molar-refractivity contribution >= 4 is 30.2 Å². The van der Waals surface area contributed by atoms with Gasteiger partial charge in [-0.3, -0.25) is 4.90 Å². The zero-order chi connectivity index (χ0) is 18.2. The molecule has 0 aromatic heterocycles. The molecule has 0 unspecified atom stereocenters. The summed E-state index contributed by atoms with van der Waals surface area (Å²) in [6.45, 7) is 0.504. The Morgan fingerprint density at radius 3 is 2.08 bits per heavy atom. The molecule has 1 aromatic carbocycles. The van der Waals surface area contributed by atoms with Crippen molar-refractivity contribution in [1.29, 1.82) is 0 Å². The number of aromatic carboxylic acids is 1. The van der Waals surface area contributed by atoms with Crippen LogP contribution in [0.15, 0.2) is 12.1 Å². The Hall–Kier alpha value is -0.549. The van der Waals surface area contributed by atoms with Gasteiger partial charge in [0.25, 0.3) is 0 Å². The standard InChI is InChI=1S/C14H18BF3NO4.K/c1-8-10(12(20)21)6-9(7-11(8)15(16,17)18)19(5)13(22)23-14(2,3)4;/h6-7H,1-5H3,(H,20,21);/q-1;+1. The Bertz CT molecular complexity index is 644. The molecule has 0 radical (unpaired) electrons. The first-order valence-electron chi connectivity index (χ1n) is 6.78. The largest absolute Gasteiger partial charge is 1.00 e. The quantitative estimate of drug-likeness (QED) is 0.767. The van der Waals surface area contributed by atoms with E-state index in [4.69, 9.17) is 9.84 Å². The summed E-state index contributed by atoms with van der Waals surface area (Å²) in [6.07, 6.45) is -0.877. The predicted octanol–water partition coefficient (Wildman–Crippen LogP) is 0.123. The maximum absolute atomic E-state index is 13.1. The minimum atomic E-state index is -5.42. The Kier molecular flexibility index (Phi) is 8.03. The molecule has 1 aromatic rings. The summed E-state index contributed by atoms with van der Waals surface area (Å²) in [6, 6.07) is 1.78. The minimum Gasteiger partial charge on any atom is -0.478 e. The Balaban J connectivity index is 0.00000529. The van der Waals surface area contributed by atoms with E-state index in [-0.39, 0.29) is 62.6 Å². The fourth-order valence-electron chi connectivity index (χ4n) is 1.91. The maximum Gasteiger partial charge on any atom is 1.00 e. The van der Waals surface area contributed by atoms with Crippen LogP contribution in [-0.4, -0.2) is 36.8 Å². The van der Waals surface area contributed by atoms with E-state index in [0.717, 1.165) is 24.0 Å². The topological polar surface area (TPSA) is 66.8 Å². The van der Waals surface area contributed by atoms with Crippen LogP contribution in [0.25, 0.3) is 0 Å². The van der Waals surface area contributed by atoms with Gasteiger partial charge < -0.3 is 22.8 Å². The molecule has 0 saturated heterocycles. The molecular weight excluding hydrogens is 353 g/mol. The molecule has 1 N–H and O–H groups in total. The van der Waals surface area contributed by atoms with Crippen LogP contribution in [0.5, 0.6) is 0 Å². The van der Waals surface area contributed by atoms with Crippen LogP contribution in [-0.2, 0) is 4.74 Å². The number of carboxylic acid groups (broad SMARTS) is 1. The van der Waals surface area contributed by atoms with Crippen molar-refractivity contribution in [3.63, 3.8) is 0 Å². The predicted molar refractivity (Wildman–Crippen MR) is 81.5 cm³/mol. The van der Waals surface area contributed by atoms with Crippen LogP contribution >= 0.6 is 0 Å². The van der Waals surface area contributed by atoms with Gasteiger partial charge in [0.05, 0.1) is 5.56 Å². The molecular formula is C14H18BF3KNO4. The van der Waals surface area contributed by atoms with Crippen molar-refractivity contribution in [1.82, 2.24) is 0 Å². The fourth-order valence-corrected chi connectivity index (χ4v) is 1.91. The van der Waals surface area contributed by atoms with E-state index < -0.39 is 35.7 Å². The van der Waals surface area contributed by atoms with Crippen LogP contribution in [0.4, 0.5) is 23.4 Å². The first kappa shape index (κ1) is 23.5. The van der Waals surface area contributed by atoms with E-state index in [2.05, 4.69) is 0 Å². The molecule has 0 heterocycles. The summed E-state index contributed by atoms with van der Waals surface area (Å²) in [5.41, 5.74) is -2.96. The van der Waals surface area contributed by atoms with E-state index in [1.807, 2.05) is 0 Å². The maximum atomic E-state index is 13.1. The smallest absolute Gasteiger partial charge is 0.478 e. The summed E-state index contributed by atoms with van der Waals surface area (Å²) in [5, 5.41) is 9.09. The number of carboxylic acids is 1. The Morgan fingerprint density at radius 1 is 1.21 bits per heavy atom. The second kappa shape index (κ2) is 8.22. The van der Waals surface area contributed by atoms with Crippen molar-refractivity contribution < 1.29 is 83.8 Å². The van der Waals surface area contributed by atoms with Crippen LogP contribution in [0.1, 0.15) is 36.7 Å². The number of anilines is 1. The fraction of sp³-hybridized carbons (Fsp3) is 0.429. The first-order chi connectivity index (χ1) is 10.2.